The van der Waals surface area contributed by atoms with Crippen LogP contribution in [0.4, 0.5) is 0 Å². The van der Waals surface area contributed by atoms with E-state index < -0.39 is 93.0 Å². The van der Waals surface area contributed by atoms with E-state index in [1.807, 2.05) is 0 Å². The van der Waals surface area contributed by atoms with Gasteiger partial charge in [-0.2, -0.15) is 0 Å². The number of carbonyl (C=O) groups is 1. The number of esters is 1. The van der Waals surface area contributed by atoms with Crippen LogP contribution in [-0.2, 0) is 20.8 Å². The van der Waals surface area contributed by atoms with Crippen LogP contribution in [0.15, 0.2) is 36.4 Å². The van der Waals surface area contributed by atoms with E-state index in [2.05, 4.69) is 0 Å². The maximum absolute atomic E-state index is 12.9. The number of hydrogen-bond acceptors (Lipinski definition) is 16. The van der Waals surface area contributed by atoms with Crippen molar-refractivity contribution < 1.29 is 79.2 Å². The zero-order chi connectivity index (χ0) is 31.4. The molecule has 16 heteroatoms. The first-order chi connectivity index (χ1) is 20.5. The summed E-state index contributed by atoms with van der Waals surface area (Å²) in [4.78, 5) is 12.9. The van der Waals surface area contributed by atoms with Crippen LogP contribution >= 0.6 is 0 Å². The molecule has 238 valence electrons. The van der Waals surface area contributed by atoms with E-state index in [-0.39, 0.29) is 22.8 Å². The summed E-state index contributed by atoms with van der Waals surface area (Å²) in [6, 6.07) is 8.52. The minimum Gasteiger partial charge on any atom is -0.504 e. The SMILES string of the molecule is COc1c(OC2OC(CO)C(O)C(O)C2O)ccc(C(=O)OCc2ccccc2OC2OC(CO)C(O)C(O)C2O)c1O. The summed E-state index contributed by atoms with van der Waals surface area (Å²) >= 11 is 0. The Labute approximate surface area is 244 Å². The number of phenols is 1. The van der Waals surface area contributed by atoms with Crippen molar-refractivity contribution in [2.24, 2.45) is 0 Å². The molecular formula is C27H34O16. The fourth-order valence-corrected chi connectivity index (χ4v) is 4.55. The number of aliphatic hydroxyl groups is 8. The Morgan fingerprint density at radius 2 is 1.28 bits per heavy atom. The third-order valence-corrected chi connectivity index (χ3v) is 7.03. The highest BCUT2D eigenvalue weighted by atomic mass is 16.7. The molecule has 9 N–H and O–H groups in total. The Morgan fingerprint density at radius 3 is 1.81 bits per heavy atom. The topological polar surface area (TPSA) is 255 Å². The second-order valence-corrected chi connectivity index (χ2v) is 9.81. The molecule has 10 unspecified atom stereocenters. The number of hydrogen-bond donors (Lipinski definition) is 9. The molecule has 2 saturated heterocycles. The lowest BCUT2D eigenvalue weighted by atomic mass is 9.99. The minimum atomic E-state index is -1.74. The summed E-state index contributed by atoms with van der Waals surface area (Å²) in [6.45, 7) is -1.73. The van der Waals surface area contributed by atoms with Gasteiger partial charge in [0.25, 0.3) is 0 Å². The van der Waals surface area contributed by atoms with E-state index in [4.69, 9.17) is 28.4 Å². The van der Waals surface area contributed by atoms with Gasteiger partial charge in [0.2, 0.25) is 18.3 Å². The normalized spacial score (nSPS) is 32.6. The van der Waals surface area contributed by atoms with E-state index in [0.29, 0.717) is 5.56 Å². The molecule has 10 atom stereocenters. The van der Waals surface area contributed by atoms with E-state index in [1.54, 1.807) is 12.1 Å². The van der Waals surface area contributed by atoms with Crippen LogP contribution in [0.3, 0.4) is 0 Å². The zero-order valence-electron chi connectivity index (χ0n) is 22.7. The van der Waals surface area contributed by atoms with Crippen LogP contribution < -0.4 is 14.2 Å². The van der Waals surface area contributed by atoms with Gasteiger partial charge in [0, 0.05) is 5.56 Å². The molecule has 0 radical (unpaired) electrons. The number of aliphatic hydroxyl groups excluding tert-OH is 8. The van der Waals surface area contributed by atoms with Crippen molar-refractivity contribution in [3.8, 4) is 23.0 Å². The number of aromatic hydroxyl groups is 1. The van der Waals surface area contributed by atoms with Crippen molar-refractivity contribution in [2.45, 2.75) is 68.0 Å². The first-order valence-corrected chi connectivity index (χ1v) is 13.1. The predicted molar refractivity (Wildman–Crippen MR) is 139 cm³/mol. The van der Waals surface area contributed by atoms with E-state index in [9.17, 15) is 50.8 Å². The van der Waals surface area contributed by atoms with E-state index >= 15 is 0 Å². The van der Waals surface area contributed by atoms with Crippen molar-refractivity contribution in [3.05, 3.63) is 47.5 Å². The molecule has 2 aliphatic heterocycles. The number of methoxy groups -OCH3 is 1. The van der Waals surface area contributed by atoms with Crippen LogP contribution in [0.5, 0.6) is 23.0 Å². The molecule has 4 rings (SSSR count). The highest BCUT2D eigenvalue weighted by Crippen LogP contribution is 2.41. The molecule has 2 aromatic rings. The molecule has 2 aromatic carbocycles. The number of carbonyl (C=O) groups excluding carboxylic acids is 1. The van der Waals surface area contributed by atoms with Crippen LogP contribution in [-0.4, -0.2) is 134 Å². The first-order valence-electron chi connectivity index (χ1n) is 13.1. The van der Waals surface area contributed by atoms with Gasteiger partial charge in [0.15, 0.2) is 11.5 Å². The summed E-state index contributed by atoms with van der Waals surface area (Å²) in [5.74, 6) is -2.17. The quantitative estimate of drug-likeness (QED) is 0.122. The average Bonchev–Trinajstić information content (AvgIpc) is 3.01. The van der Waals surface area contributed by atoms with Gasteiger partial charge < -0.3 is 74.4 Å². The predicted octanol–water partition coefficient (Wildman–Crippen LogP) is -2.88. The van der Waals surface area contributed by atoms with Gasteiger partial charge in [-0.15, -0.1) is 0 Å². The van der Waals surface area contributed by atoms with Gasteiger partial charge in [-0.25, -0.2) is 4.79 Å². The van der Waals surface area contributed by atoms with Crippen molar-refractivity contribution in [2.75, 3.05) is 20.3 Å². The lowest BCUT2D eigenvalue weighted by Crippen LogP contribution is -2.60. The highest BCUT2D eigenvalue weighted by Gasteiger charge is 2.46. The fourth-order valence-electron chi connectivity index (χ4n) is 4.55. The van der Waals surface area contributed by atoms with Gasteiger partial charge in [0.05, 0.1) is 20.3 Å². The summed E-state index contributed by atoms with van der Waals surface area (Å²) < 4.78 is 32.3. The van der Waals surface area contributed by atoms with E-state index in [1.165, 1.54) is 18.2 Å². The Morgan fingerprint density at radius 1 is 0.744 bits per heavy atom. The highest BCUT2D eigenvalue weighted by molar-refractivity contribution is 5.94. The Hall–Kier alpha value is -3.29. The maximum Gasteiger partial charge on any atom is 0.342 e. The van der Waals surface area contributed by atoms with Crippen LogP contribution in [0.2, 0.25) is 0 Å². The second-order valence-electron chi connectivity index (χ2n) is 9.81. The lowest BCUT2D eigenvalue weighted by Gasteiger charge is -2.39. The van der Waals surface area contributed by atoms with Crippen LogP contribution in [0.1, 0.15) is 15.9 Å². The number of para-hydroxylation sites is 1. The third-order valence-electron chi connectivity index (χ3n) is 7.03. The van der Waals surface area contributed by atoms with Crippen LogP contribution in [0, 0.1) is 0 Å². The van der Waals surface area contributed by atoms with Crippen molar-refractivity contribution in [3.63, 3.8) is 0 Å². The summed E-state index contributed by atoms with van der Waals surface area (Å²) in [5.41, 5.74) is -0.0489. The summed E-state index contributed by atoms with van der Waals surface area (Å²) in [7, 11) is 1.16. The van der Waals surface area contributed by atoms with Crippen molar-refractivity contribution >= 4 is 5.97 Å². The second kappa shape index (κ2) is 14.0. The Bertz CT molecular complexity index is 1240. The molecule has 0 amide bonds. The molecule has 0 aliphatic carbocycles. The zero-order valence-corrected chi connectivity index (χ0v) is 22.7. The fraction of sp³-hybridized carbons (Fsp3) is 0.519. The van der Waals surface area contributed by atoms with Gasteiger partial charge in [-0.3, -0.25) is 0 Å². The molecule has 0 spiro atoms. The molecular weight excluding hydrogens is 580 g/mol. The standard InChI is InChI=1S/C27H34O16/c1-38-24-14(41-27-23(36)21(34)19(32)16(9-29)43-27)7-6-12(17(24)30)25(37)39-10-11-4-2-3-5-13(11)40-26-22(35)20(33)18(31)15(8-28)42-26/h2-7,15-16,18-23,26-36H,8-10H2,1H3. The van der Waals surface area contributed by atoms with Gasteiger partial charge in [0.1, 0.15) is 66.8 Å². The molecule has 2 aliphatic rings. The maximum atomic E-state index is 12.9. The molecule has 43 heavy (non-hydrogen) atoms. The molecule has 2 fully saturated rings. The molecule has 0 saturated carbocycles. The van der Waals surface area contributed by atoms with Crippen molar-refractivity contribution in [1.29, 1.82) is 0 Å². The number of rotatable bonds is 10. The van der Waals surface area contributed by atoms with Crippen molar-refractivity contribution in [1.82, 2.24) is 0 Å². The van der Waals surface area contributed by atoms with Gasteiger partial charge in [-0.05, 0) is 18.2 Å². The molecule has 2 heterocycles. The number of benzene rings is 2. The molecule has 0 bridgehead atoms. The Kier molecular flexibility index (Phi) is 10.6. The third kappa shape index (κ3) is 6.78. The van der Waals surface area contributed by atoms with Crippen LogP contribution in [0.25, 0.3) is 0 Å². The largest absolute Gasteiger partial charge is 0.504 e. The first kappa shape index (κ1) is 32.6. The molecule has 0 aromatic heterocycles. The lowest BCUT2D eigenvalue weighted by molar-refractivity contribution is -0.277. The number of phenolic OH excluding ortho intramolecular Hbond substituents is 1. The minimum absolute atomic E-state index is 0.0877. The number of ether oxygens (including phenoxy) is 6. The monoisotopic (exact) mass is 614 g/mol. The average molecular weight is 615 g/mol. The van der Waals surface area contributed by atoms with Gasteiger partial charge >= 0.3 is 5.97 Å². The smallest absolute Gasteiger partial charge is 0.342 e. The summed E-state index contributed by atoms with van der Waals surface area (Å²) in [6.07, 6.45) is -15.5. The van der Waals surface area contributed by atoms with Gasteiger partial charge in [-0.1, -0.05) is 18.2 Å². The summed E-state index contributed by atoms with van der Waals surface area (Å²) in [5, 5.41) is 90.0. The molecule has 16 nitrogen and oxygen atoms in total. The van der Waals surface area contributed by atoms with E-state index in [0.717, 1.165) is 13.2 Å². The Balaban J connectivity index is 1.46.